The van der Waals surface area contributed by atoms with Gasteiger partial charge in [0.25, 0.3) is 0 Å². The third-order valence-corrected chi connectivity index (χ3v) is 5.10. The van der Waals surface area contributed by atoms with Crippen LogP contribution in [-0.4, -0.2) is 62.6 Å². The Labute approximate surface area is 145 Å². The van der Waals surface area contributed by atoms with E-state index in [1.54, 1.807) is 0 Å². The molecule has 0 amide bonds. The largest absolute Gasteiger partial charge is 0.393 e. The number of nitrogen functional groups attached to an aromatic ring is 1. The van der Waals surface area contributed by atoms with Gasteiger partial charge in [-0.15, -0.1) is 0 Å². The van der Waals surface area contributed by atoms with Gasteiger partial charge >= 0.3 is 0 Å². The van der Waals surface area contributed by atoms with E-state index in [4.69, 9.17) is 10.4 Å². The smallest absolute Gasteiger partial charge is 0.222 e. The van der Waals surface area contributed by atoms with E-state index in [0.29, 0.717) is 11.9 Å². The number of aliphatic hydroxyl groups excluding tert-OH is 1. The van der Waals surface area contributed by atoms with Gasteiger partial charge in [-0.05, 0) is 19.8 Å². The third-order valence-electron chi connectivity index (χ3n) is 5.10. The maximum atomic E-state index is 9.51. The molecule has 134 valence electrons. The normalized spacial score (nSPS) is 24.3. The lowest BCUT2D eigenvalue weighted by Crippen LogP contribution is -2.46. The summed E-state index contributed by atoms with van der Waals surface area (Å²) in [6.45, 7) is 6.22. The van der Waals surface area contributed by atoms with E-state index in [1.165, 1.54) is 0 Å². The highest BCUT2D eigenvalue weighted by atomic mass is 16.6. The van der Waals surface area contributed by atoms with Crippen molar-refractivity contribution < 1.29 is 9.74 Å². The summed E-state index contributed by atoms with van der Waals surface area (Å²) in [5, 5.41) is 17.3. The molecule has 0 bridgehead atoms. The number of aryl methyl sites for hydroxylation is 1. The standard InChI is InChI=1S/C16H23N7O2/c1-10-14(21-25-20-10)9-22-2-4-23(5-3-22)15-8-13(18-16(17)19-15)11-6-12(24)7-11/h8,11-12,24H,2-7,9H2,1H3,(H2,17,18,19). The molecule has 0 aromatic carbocycles. The summed E-state index contributed by atoms with van der Waals surface area (Å²) in [5.41, 5.74) is 8.59. The summed E-state index contributed by atoms with van der Waals surface area (Å²) >= 11 is 0. The minimum Gasteiger partial charge on any atom is -0.393 e. The molecule has 2 fully saturated rings. The molecule has 9 nitrogen and oxygen atoms in total. The van der Waals surface area contributed by atoms with Crippen molar-refractivity contribution in [3.8, 4) is 0 Å². The number of piperazine rings is 1. The number of anilines is 2. The molecule has 2 aromatic rings. The van der Waals surface area contributed by atoms with Crippen LogP contribution in [0.4, 0.5) is 11.8 Å². The molecule has 1 saturated heterocycles. The second-order valence-electron chi connectivity index (χ2n) is 6.89. The number of aromatic nitrogens is 4. The van der Waals surface area contributed by atoms with Gasteiger partial charge in [0.05, 0.1) is 11.8 Å². The van der Waals surface area contributed by atoms with Gasteiger partial charge in [-0.1, -0.05) is 10.3 Å². The highest BCUT2D eigenvalue weighted by molar-refractivity contribution is 5.45. The number of hydrogen-bond donors (Lipinski definition) is 2. The first-order valence-electron chi connectivity index (χ1n) is 8.66. The van der Waals surface area contributed by atoms with E-state index in [-0.39, 0.29) is 6.10 Å². The second-order valence-corrected chi connectivity index (χ2v) is 6.89. The van der Waals surface area contributed by atoms with E-state index >= 15 is 0 Å². The Kier molecular flexibility index (Phi) is 4.26. The first-order valence-corrected chi connectivity index (χ1v) is 8.66. The lowest BCUT2D eigenvalue weighted by Gasteiger charge is -2.36. The Hall–Kier alpha value is -2.26. The molecular formula is C16H23N7O2. The minimum absolute atomic E-state index is 0.206. The predicted molar refractivity (Wildman–Crippen MR) is 91.0 cm³/mol. The average Bonchev–Trinajstić information content (AvgIpc) is 2.97. The summed E-state index contributed by atoms with van der Waals surface area (Å²) in [6.07, 6.45) is 1.31. The predicted octanol–water partition coefficient (Wildman–Crippen LogP) is 0.311. The van der Waals surface area contributed by atoms with E-state index in [2.05, 4.69) is 30.1 Å². The fourth-order valence-corrected chi connectivity index (χ4v) is 3.41. The molecule has 0 radical (unpaired) electrons. The summed E-state index contributed by atoms with van der Waals surface area (Å²) in [5.74, 6) is 1.48. The van der Waals surface area contributed by atoms with Crippen LogP contribution in [0.2, 0.25) is 0 Å². The summed E-state index contributed by atoms with van der Waals surface area (Å²) in [4.78, 5) is 13.3. The lowest BCUT2D eigenvalue weighted by molar-refractivity contribution is 0.0732. The molecule has 9 heteroatoms. The molecule has 3 heterocycles. The van der Waals surface area contributed by atoms with Gasteiger partial charge in [0.2, 0.25) is 5.95 Å². The quantitative estimate of drug-likeness (QED) is 0.807. The van der Waals surface area contributed by atoms with Crippen molar-refractivity contribution in [3.05, 3.63) is 23.1 Å². The fourth-order valence-electron chi connectivity index (χ4n) is 3.41. The summed E-state index contributed by atoms with van der Waals surface area (Å²) in [7, 11) is 0. The minimum atomic E-state index is -0.206. The summed E-state index contributed by atoms with van der Waals surface area (Å²) in [6, 6.07) is 2.02. The van der Waals surface area contributed by atoms with Crippen LogP contribution < -0.4 is 10.6 Å². The molecule has 2 aromatic heterocycles. The molecule has 0 unspecified atom stereocenters. The number of aliphatic hydroxyl groups is 1. The van der Waals surface area contributed by atoms with Gasteiger partial charge in [0.1, 0.15) is 17.2 Å². The summed E-state index contributed by atoms with van der Waals surface area (Å²) < 4.78 is 4.76. The van der Waals surface area contributed by atoms with Crippen molar-refractivity contribution in [1.29, 1.82) is 0 Å². The Bertz CT molecular complexity index is 736. The zero-order valence-corrected chi connectivity index (χ0v) is 14.3. The maximum absolute atomic E-state index is 9.51. The van der Waals surface area contributed by atoms with Crippen LogP contribution >= 0.6 is 0 Å². The lowest BCUT2D eigenvalue weighted by atomic mass is 9.80. The monoisotopic (exact) mass is 345 g/mol. The van der Waals surface area contributed by atoms with Crippen LogP contribution in [0, 0.1) is 6.92 Å². The van der Waals surface area contributed by atoms with Crippen molar-refractivity contribution in [1.82, 2.24) is 25.2 Å². The van der Waals surface area contributed by atoms with Crippen LogP contribution in [0.15, 0.2) is 10.7 Å². The van der Waals surface area contributed by atoms with Crippen LogP contribution in [0.25, 0.3) is 0 Å². The van der Waals surface area contributed by atoms with E-state index in [9.17, 15) is 5.11 Å². The zero-order chi connectivity index (χ0) is 17.4. The van der Waals surface area contributed by atoms with Gasteiger partial charge in [-0.3, -0.25) is 4.90 Å². The number of nitrogens with zero attached hydrogens (tertiary/aromatic N) is 6. The Morgan fingerprint density at radius 2 is 1.96 bits per heavy atom. The average molecular weight is 345 g/mol. The van der Waals surface area contributed by atoms with E-state index in [0.717, 1.165) is 68.5 Å². The number of rotatable bonds is 4. The first-order chi connectivity index (χ1) is 12.1. The van der Waals surface area contributed by atoms with Gasteiger partial charge in [-0.2, -0.15) is 4.98 Å². The van der Waals surface area contributed by atoms with Gasteiger partial charge < -0.3 is 15.7 Å². The molecule has 0 atom stereocenters. The molecule has 2 aliphatic rings. The topological polar surface area (TPSA) is 117 Å². The molecule has 1 aliphatic carbocycles. The third kappa shape index (κ3) is 3.42. The first kappa shape index (κ1) is 16.2. The molecule has 3 N–H and O–H groups in total. The van der Waals surface area contributed by atoms with Crippen LogP contribution in [-0.2, 0) is 6.54 Å². The highest BCUT2D eigenvalue weighted by Gasteiger charge is 2.31. The van der Waals surface area contributed by atoms with Gasteiger partial charge in [0, 0.05) is 44.7 Å². The molecule has 1 saturated carbocycles. The van der Waals surface area contributed by atoms with E-state index in [1.807, 2.05) is 13.0 Å². The zero-order valence-electron chi connectivity index (χ0n) is 14.3. The van der Waals surface area contributed by atoms with Crippen molar-refractivity contribution in [2.45, 2.75) is 38.3 Å². The molecule has 1 aliphatic heterocycles. The Morgan fingerprint density at radius 1 is 1.20 bits per heavy atom. The maximum Gasteiger partial charge on any atom is 0.222 e. The fraction of sp³-hybridized carbons (Fsp3) is 0.625. The highest BCUT2D eigenvalue weighted by Crippen LogP contribution is 2.37. The SMILES string of the molecule is Cc1nonc1CN1CCN(c2cc(C3CC(O)C3)nc(N)n2)CC1. The molecule has 0 spiro atoms. The number of hydrogen-bond acceptors (Lipinski definition) is 9. The van der Waals surface area contributed by atoms with Crippen LogP contribution in [0.3, 0.4) is 0 Å². The molecule has 4 rings (SSSR count). The van der Waals surface area contributed by atoms with E-state index < -0.39 is 0 Å². The number of nitrogens with two attached hydrogens (primary N) is 1. The van der Waals surface area contributed by atoms with Crippen LogP contribution in [0.5, 0.6) is 0 Å². The van der Waals surface area contributed by atoms with Gasteiger partial charge in [-0.25, -0.2) is 9.61 Å². The van der Waals surface area contributed by atoms with Gasteiger partial charge in [0.15, 0.2) is 0 Å². The molecular weight excluding hydrogens is 322 g/mol. The molecule has 25 heavy (non-hydrogen) atoms. The van der Waals surface area contributed by atoms with Crippen LogP contribution in [0.1, 0.15) is 35.8 Å². The van der Waals surface area contributed by atoms with Crippen molar-refractivity contribution in [2.75, 3.05) is 36.8 Å². The van der Waals surface area contributed by atoms with Crippen molar-refractivity contribution in [2.24, 2.45) is 0 Å². The van der Waals surface area contributed by atoms with Crippen molar-refractivity contribution in [3.63, 3.8) is 0 Å². The Balaban J connectivity index is 1.39. The van der Waals surface area contributed by atoms with Crippen molar-refractivity contribution >= 4 is 11.8 Å². The second kappa shape index (κ2) is 6.57. The Morgan fingerprint density at radius 3 is 2.60 bits per heavy atom.